The molecule has 138 valence electrons. The number of nitrogens with zero attached hydrogens (tertiary/aromatic N) is 1. The molecule has 0 unspecified atom stereocenters. The summed E-state index contributed by atoms with van der Waals surface area (Å²) in [6.45, 7) is 5.24. The molecule has 1 fully saturated rings. The first kappa shape index (κ1) is 19.7. The molecule has 0 radical (unpaired) electrons. The summed E-state index contributed by atoms with van der Waals surface area (Å²) in [5, 5.41) is 3.98. The highest BCUT2D eigenvalue weighted by atomic mass is 32.2. The Hall–Kier alpha value is -1.66. The summed E-state index contributed by atoms with van der Waals surface area (Å²) in [6.07, 6.45) is 4.76. The average molecular weight is 365 g/mol. The Balaban J connectivity index is 1.99. The van der Waals surface area contributed by atoms with E-state index in [1.807, 2.05) is 18.2 Å². The summed E-state index contributed by atoms with van der Waals surface area (Å²) >= 11 is 0. The third-order valence-electron chi connectivity index (χ3n) is 4.51. The fourth-order valence-electron chi connectivity index (χ4n) is 3.19. The maximum Gasteiger partial charge on any atom is 0.234 e. The molecule has 1 amide bonds. The maximum absolute atomic E-state index is 12.4. The van der Waals surface area contributed by atoms with Crippen LogP contribution >= 0.6 is 0 Å². The fraction of sp³-hybridized carbons (Fsp3) is 0.526. The van der Waals surface area contributed by atoms with Crippen molar-refractivity contribution in [2.75, 3.05) is 19.3 Å². The zero-order chi connectivity index (χ0) is 18.4. The van der Waals surface area contributed by atoms with Crippen LogP contribution in [0.15, 0.2) is 41.8 Å². The number of rotatable bonds is 6. The van der Waals surface area contributed by atoms with Crippen molar-refractivity contribution in [2.45, 2.75) is 38.8 Å². The molecule has 1 heterocycles. The van der Waals surface area contributed by atoms with Gasteiger partial charge in [-0.05, 0) is 37.8 Å². The Labute approximate surface area is 151 Å². The minimum atomic E-state index is -3.18. The van der Waals surface area contributed by atoms with E-state index in [4.69, 9.17) is 0 Å². The van der Waals surface area contributed by atoms with Gasteiger partial charge < -0.3 is 5.32 Å². The van der Waals surface area contributed by atoms with Crippen molar-refractivity contribution < 1.29 is 13.2 Å². The first-order valence-electron chi connectivity index (χ1n) is 8.71. The Morgan fingerprint density at radius 1 is 1.36 bits per heavy atom. The van der Waals surface area contributed by atoms with Gasteiger partial charge in [0.25, 0.3) is 0 Å². The van der Waals surface area contributed by atoms with Crippen LogP contribution < -0.4 is 5.32 Å². The monoisotopic (exact) mass is 364 g/mol. The first-order chi connectivity index (χ1) is 11.7. The standard InChI is InChI=1S/C19H28N2O3S/c1-15-9-11-21(18(13-15)17-7-5-4-6-8-17)14-19(22)20-16(2)10-12-25(3,23)24/h4-8,10,12,15-16,18H,9,11,13-14H2,1-3H3,(H,20,22)/b12-10-/t15-,16+,18+/m1/s1. The second-order valence-electron chi connectivity index (χ2n) is 7.04. The number of likely N-dealkylation sites (tertiary alicyclic amines) is 1. The molecule has 1 aliphatic heterocycles. The molecule has 0 saturated carbocycles. The van der Waals surface area contributed by atoms with Crippen molar-refractivity contribution in [1.29, 1.82) is 0 Å². The van der Waals surface area contributed by atoms with E-state index in [0.717, 1.165) is 31.1 Å². The average Bonchev–Trinajstić information content (AvgIpc) is 2.55. The Morgan fingerprint density at radius 2 is 2.04 bits per heavy atom. The van der Waals surface area contributed by atoms with Gasteiger partial charge in [0, 0.05) is 23.7 Å². The van der Waals surface area contributed by atoms with Crippen LogP contribution in [-0.4, -0.2) is 44.6 Å². The number of piperidine rings is 1. The third kappa shape index (κ3) is 6.63. The quantitative estimate of drug-likeness (QED) is 0.842. The lowest BCUT2D eigenvalue weighted by atomic mass is 9.88. The molecule has 5 nitrogen and oxygen atoms in total. The highest BCUT2D eigenvalue weighted by Crippen LogP contribution is 2.33. The van der Waals surface area contributed by atoms with E-state index >= 15 is 0 Å². The summed E-state index contributed by atoms with van der Waals surface area (Å²) < 4.78 is 22.3. The summed E-state index contributed by atoms with van der Waals surface area (Å²) in [5.41, 5.74) is 1.24. The zero-order valence-corrected chi connectivity index (χ0v) is 16.0. The van der Waals surface area contributed by atoms with Gasteiger partial charge in [-0.3, -0.25) is 9.69 Å². The number of carbonyl (C=O) groups is 1. The van der Waals surface area contributed by atoms with Crippen molar-refractivity contribution in [2.24, 2.45) is 5.92 Å². The Bertz CT molecular complexity index is 701. The minimum Gasteiger partial charge on any atom is -0.349 e. The summed E-state index contributed by atoms with van der Waals surface area (Å²) in [4.78, 5) is 14.6. The molecule has 1 aromatic carbocycles. The van der Waals surface area contributed by atoms with Gasteiger partial charge >= 0.3 is 0 Å². The molecule has 1 N–H and O–H groups in total. The van der Waals surface area contributed by atoms with Crippen molar-refractivity contribution in [1.82, 2.24) is 10.2 Å². The number of hydrogen-bond donors (Lipinski definition) is 1. The molecule has 0 spiro atoms. The molecule has 1 aliphatic rings. The molecule has 25 heavy (non-hydrogen) atoms. The molecule has 0 aliphatic carbocycles. The van der Waals surface area contributed by atoms with E-state index in [0.29, 0.717) is 12.5 Å². The van der Waals surface area contributed by atoms with Gasteiger partial charge in [-0.25, -0.2) is 8.42 Å². The second kappa shape index (κ2) is 8.63. The molecule has 3 atom stereocenters. The van der Waals surface area contributed by atoms with Crippen molar-refractivity contribution >= 4 is 15.7 Å². The molecule has 2 rings (SSSR count). The van der Waals surface area contributed by atoms with Crippen LogP contribution in [0.3, 0.4) is 0 Å². The van der Waals surface area contributed by atoms with E-state index in [2.05, 4.69) is 29.3 Å². The van der Waals surface area contributed by atoms with Gasteiger partial charge in [-0.15, -0.1) is 0 Å². The number of hydrogen-bond acceptors (Lipinski definition) is 4. The van der Waals surface area contributed by atoms with E-state index < -0.39 is 9.84 Å². The van der Waals surface area contributed by atoms with Crippen molar-refractivity contribution in [3.05, 3.63) is 47.4 Å². The molecular weight excluding hydrogens is 336 g/mol. The lowest BCUT2D eigenvalue weighted by Gasteiger charge is -2.38. The highest BCUT2D eigenvalue weighted by Gasteiger charge is 2.28. The SMILES string of the molecule is C[C@@H]1CCN(CC(=O)N[C@@H](C)/C=C\S(C)(=O)=O)[C@H](c2ccccc2)C1. The Morgan fingerprint density at radius 3 is 2.68 bits per heavy atom. The number of amides is 1. The van der Waals surface area contributed by atoms with Gasteiger partial charge in [-0.2, -0.15) is 0 Å². The summed E-state index contributed by atoms with van der Waals surface area (Å²) in [6, 6.07) is 10.2. The molecular formula is C19H28N2O3S. The zero-order valence-electron chi connectivity index (χ0n) is 15.2. The first-order valence-corrected chi connectivity index (χ1v) is 10.7. The van der Waals surface area contributed by atoms with Crippen LogP contribution in [-0.2, 0) is 14.6 Å². The number of benzene rings is 1. The normalized spacial score (nSPS) is 23.5. The highest BCUT2D eigenvalue weighted by molar-refractivity contribution is 7.93. The third-order valence-corrected chi connectivity index (χ3v) is 5.16. The van der Waals surface area contributed by atoms with Gasteiger partial charge in [0.1, 0.15) is 0 Å². The number of carbonyl (C=O) groups excluding carboxylic acids is 1. The lowest BCUT2D eigenvalue weighted by Crippen LogP contribution is -2.44. The predicted molar refractivity (Wildman–Crippen MR) is 101 cm³/mol. The van der Waals surface area contributed by atoms with Crippen LogP contribution in [0.5, 0.6) is 0 Å². The topological polar surface area (TPSA) is 66.5 Å². The lowest BCUT2D eigenvalue weighted by molar-refractivity contribution is -0.123. The van der Waals surface area contributed by atoms with Crippen LogP contribution in [0, 0.1) is 5.92 Å². The maximum atomic E-state index is 12.4. The van der Waals surface area contributed by atoms with Crippen LogP contribution in [0.1, 0.15) is 38.3 Å². The van der Waals surface area contributed by atoms with Gasteiger partial charge in [0.05, 0.1) is 6.54 Å². The molecule has 6 heteroatoms. The van der Waals surface area contributed by atoms with E-state index in [1.165, 1.54) is 11.6 Å². The van der Waals surface area contributed by atoms with E-state index in [1.54, 1.807) is 6.92 Å². The molecule has 0 aromatic heterocycles. The second-order valence-corrected chi connectivity index (χ2v) is 8.97. The van der Waals surface area contributed by atoms with Crippen molar-refractivity contribution in [3.63, 3.8) is 0 Å². The van der Waals surface area contributed by atoms with E-state index in [-0.39, 0.29) is 18.0 Å². The van der Waals surface area contributed by atoms with Crippen molar-refractivity contribution in [3.8, 4) is 0 Å². The van der Waals surface area contributed by atoms with Crippen LogP contribution in [0.25, 0.3) is 0 Å². The number of sulfone groups is 1. The van der Waals surface area contributed by atoms with Crippen LogP contribution in [0.2, 0.25) is 0 Å². The molecule has 1 saturated heterocycles. The summed E-state index contributed by atoms with van der Waals surface area (Å²) in [5.74, 6) is 0.558. The van der Waals surface area contributed by atoms with Gasteiger partial charge in [0.15, 0.2) is 9.84 Å². The minimum absolute atomic E-state index is 0.0823. The predicted octanol–water partition coefficient (Wildman–Crippen LogP) is 2.52. The fourth-order valence-corrected chi connectivity index (χ4v) is 3.72. The largest absolute Gasteiger partial charge is 0.349 e. The van der Waals surface area contributed by atoms with Gasteiger partial charge in [0.2, 0.25) is 5.91 Å². The molecule has 1 aromatic rings. The Kier molecular flexibility index (Phi) is 6.79. The summed E-state index contributed by atoms with van der Waals surface area (Å²) in [7, 11) is -3.18. The van der Waals surface area contributed by atoms with Gasteiger partial charge in [-0.1, -0.05) is 43.3 Å². The van der Waals surface area contributed by atoms with Crippen LogP contribution in [0.4, 0.5) is 0 Å². The molecule has 0 bridgehead atoms. The smallest absolute Gasteiger partial charge is 0.234 e. The van der Waals surface area contributed by atoms with E-state index in [9.17, 15) is 13.2 Å². The number of nitrogens with one attached hydrogen (secondary N) is 1.